The van der Waals surface area contributed by atoms with E-state index in [0.717, 1.165) is 4.90 Å². The predicted molar refractivity (Wildman–Crippen MR) is 68.1 cm³/mol. The van der Waals surface area contributed by atoms with Crippen LogP contribution in [-0.2, 0) is 14.3 Å². The van der Waals surface area contributed by atoms with Crippen LogP contribution < -0.4 is 5.32 Å². The van der Waals surface area contributed by atoms with E-state index in [4.69, 9.17) is 4.74 Å². The summed E-state index contributed by atoms with van der Waals surface area (Å²) in [4.78, 5) is 38.0. The molecule has 0 aromatic rings. The van der Waals surface area contributed by atoms with E-state index in [1.54, 1.807) is 4.90 Å². The molecule has 2 fully saturated rings. The van der Waals surface area contributed by atoms with Gasteiger partial charge >= 0.3 is 6.09 Å². The molecule has 0 saturated carbocycles. The Morgan fingerprint density at radius 3 is 2.60 bits per heavy atom. The minimum Gasteiger partial charge on any atom is -0.465 e. The minimum absolute atomic E-state index is 0.282. The van der Waals surface area contributed by atoms with Crippen molar-refractivity contribution in [1.29, 1.82) is 0 Å². The summed E-state index contributed by atoms with van der Waals surface area (Å²) < 4.78 is 5.17. The van der Waals surface area contributed by atoms with Gasteiger partial charge in [0.25, 0.3) is 0 Å². The SMILES string of the molecule is C[C@@H](C(=O)N1CCOCC1)N(C(=O)O)C1CCNC1=O. The zero-order valence-corrected chi connectivity index (χ0v) is 11.4. The Balaban J connectivity index is 2.09. The first kappa shape index (κ1) is 14.6. The van der Waals surface area contributed by atoms with Crippen LogP contribution >= 0.6 is 0 Å². The van der Waals surface area contributed by atoms with E-state index in [0.29, 0.717) is 39.3 Å². The quantitative estimate of drug-likeness (QED) is 0.700. The van der Waals surface area contributed by atoms with Crippen molar-refractivity contribution in [3.05, 3.63) is 0 Å². The second-order valence-corrected chi connectivity index (χ2v) is 4.90. The van der Waals surface area contributed by atoms with Gasteiger partial charge < -0.3 is 20.1 Å². The summed E-state index contributed by atoms with van der Waals surface area (Å²) in [5.41, 5.74) is 0. The van der Waals surface area contributed by atoms with Gasteiger partial charge in [0.15, 0.2) is 0 Å². The van der Waals surface area contributed by atoms with Gasteiger partial charge in [-0.15, -0.1) is 0 Å². The highest BCUT2D eigenvalue weighted by molar-refractivity contribution is 5.91. The Morgan fingerprint density at radius 2 is 2.10 bits per heavy atom. The Morgan fingerprint density at radius 1 is 1.45 bits per heavy atom. The molecule has 8 nitrogen and oxygen atoms in total. The molecule has 2 atom stereocenters. The van der Waals surface area contributed by atoms with E-state index in [1.165, 1.54) is 6.92 Å². The lowest BCUT2D eigenvalue weighted by molar-refractivity contribution is -0.141. The van der Waals surface area contributed by atoms with E-state index in [-0.39, 0.29) is 11.8 Å². The first-order valence-electron chi connectivity index (χ1n) is 6.68. The van der Waals surface area contributed by atoms with E-state index in [1.807, 2.05) is 0 Å². The summed E-state index contributed by atoms with van der Waals surface area (Å²) in [5, 5.41) is 11.9. The summed E-state index contributed by atoms with van der Waals surface area (Å²) in [6.07, 6.45) is -0.854. The highest BCUT2D eigenvalue weighted by Gasteiger charge is 2.40. The Bertz CT molecular complexity index is 408. The van der Waals surface area contributed by atoms with Crippen molar-refractivity contribution in [3.63, 3.8) is 0 Å². The molecule has 0 radical (unpaired) electrons. The van der Waals surface area contributed by atoms with E-state index in [9.17, 15) is 19.5 Å². The Labute approximate surface area is 116 Å². The van der Waals surface area contributed by atoms with Crippen LogP contribution in [0.2, 0.25) is 0 Å². The lowest BCUT2D eigenvalue weighted by Crippen LogP contribution is -2.56. The fourth-order valence-corrected chi connectivity index (χ4v) is 2.58. The zero-order valence-electron chi connectivity index (χ0n) is 11.4. The van der Waals surface area contributed by atoms with Crippen LogP contribution in [-0.4, -0.2) is 77.7 Å². The molecule has 20 heavy (non-hydrogen) atoms. The monoisotopic (exact) mass is 285 g/mol. The second kappa shape index (κ2) is 6.08. The van der Waals surface area contributed by atoms with Gasteiger partial charge in [-0.1, -0.05) is 0 Å². The smallest absolute Gasteiger partial charge is 0.408 e. The number of morpholine rings is 1. The average Bonchev–Trinajstić information content (AvgIpc) is 2.85. The molecule has 8 heteroatoms. The van der Waals surface area contributed by atoms with Gasteiger partial charge in [0.05, 0.1) is 13.2 Å². The molecule has 2 N–H and O–H groups in total. The minimum atomic E-state index is -1.25. The van der Waals surface area contributed by atoms with Gasteiger partial charge in [-0.05, 0) is 13.3 Å². The number of carboxylic acid groups (broad SMARTS) is 1. The maximum absolute atomic E-state index is 12.3. The third kappa shape index (κ3) is 2.84. The molecule has 3 amide bonds. The van der Waals surface area contributed by atoms with Crippen LogP contribution in [0.5, 0.6) is 0 Å². The van der Waals surface area contributed by atoms with E-state index in [2.05, 4.69) is 5.32 Å². The summed E-state index contributed by atoms with van der Waals surface area (Å²) >= 11 is 0. The Hall–Kier alpha value is -1.83. The fraction of sp³-hybridized carbons (Fsp3) is 0.750. The second-order valence-electron chi connectivity index (χ2n) is 4.90. The van der Waals surface area contributed by atoms with Crippen molar-refractivity contribution in [3.8, 4) is 0 Å². The van der Waals surface area contributed by atoms with Crippen LogP contribution in [0.4, 0.5) is 4.79 Å². The molecular weight excluding hydrogens is 266 g/mol. The molecule has 2 rings (SSSR count). The summed E-state index contributed by atoms with van der Waals surface area (Å²) in [7, 11) is 0. The van der Waals surface area contributed by atoms with Crippen LogP contribution in [0.25, 0.3) is 0 Å². The predicted octanol–water partition coefficient (Wildman–Crippen LogP) is -0.898. The van der Waals surface area contributed by atoms with E-state index >= 15 is 0 Å². The number of hydrogen-bond acceptors (Lipinski definition) is 4. The first-order chi connectivity index (χ1) is 9.52. The standard InChI is InChI=1S/C12H19N3O5/c1-8(11(17)14-4-6-20-7-5-14)15(12(18)19)9-2-3-13-10(9)16/h8-9H,2-7H2,1H3,(H,13,16)(H,18,19)/t8-,9?/m0/s1. The lowest BCUT2D eigenvalue weighted by atomic mass is 10.1. The highest BCUT2D eigenvalue weighted by atomic mass is 16.5. The molecule has 0 aromatic heterocycles. The number of rotatable bonds is 3. The van der Waals surface area contributed by atoms with Crippen molar-refractivity contribution in [2.24, 2.45) is 0 Å². The van der Waals surface area contributed by atoms with Gasteiger partial charge in [-0.25, -0.2) is 4.79 Å². The molecule has 0 aromatic carbocycles. The van der Waals surface area contributed by atoms with Crippen LogP contribution in [0.3, 0.4) is 0 Å². The normalized spacial score (nSPS) is 24.1. The molecule has 1 unspecified atom stereocenters. The van der Waals surface area contributed by atoms with E-state index < -0.39 is 18.2 Å². The molecule has 2 aliphatic rings. The molecule has 0 aliphatic carbocycles. The summed E-state index contributed by atoms with van der Waals surface area (Å²) in [6.45, 7) is 3.77. The lowest BCUT2D eigenvalue weighted by Gasteiger charge is -2.34. The third-order valence-corrected chi connectivity index (χ3v) is 3.67. The van der Waals surface area contributed by atoms with Gasteiger partial charge in [0.2, 0.25) is 11.8 Å². The van der Waals surface area contributed by atoms with Crippen molar-refractivity contribution in [2.45, 2.75) is 25.4 Å². The van der Waals surface area contributed by atoms with Gasteiger partial charge in [0, 0.05) is 19.6 Å². The van der Waals surface area contributed by atoms with Gasteiger partial charge in [0.1, 0.15) is 12.1 Å². The van der Waals surface area contributed by atoms with Crippen LogP contribution in [0, 0.1) is 0 Å². The van der Waals surface area contributed by atoms with Crippen molar-refractivity contribution >= 4 is 17.9 Å². The van der Waals surface area contributed by atoms with Crippen molar-refractivity contribution < 1.29 is 24.2 Å². The Kier molecular flexibility index (Phi) is 4.43. The number of carbonyl (C=O) groups is 3. The molecular formula is C12H19N3O5. The number of amides is 3. The highest BCUT2D eigenvalue weighted by Crippen LogP contribution is 2.16. The van der Waals surface area contributed by atoms with Crippen molar-refractivity contribution in [1.82, 2.24) is 15.1 Å². The topological polar surface area (TPSA) is 99.2 Å². The third-order valence-electron chi connectivity index (χ3n) is 3.67. The van der Waals surface area contributed by atoms with Gasteiger partial charge in [-0.3, -0.25) is 14.5 Å². The molecule has 2 heterocycles. The number of hydrogen-bond donors (Lipinski definition) is 2. The van der Waals surface area contributed by atoms with Crippen LogP contribution in [0.1, 0.15) is 13.3 Å². The molecule has 0 spiro atoms. The average molecular weight is 285 g/mol. The number of nitrogens with zero attached hydrogens (tertiary/aromatic N) is 2. The maximum Gasteiger partial charge on any atom is 0.408 e. The fourth-order valence-electron chi connectivity index (χ4n) is 2.58. The largest absolute Gasteiger partial charge is 0.465 e. The zero-order chi connectivity index (χ0) is 14.7. The number of nitrogens with one attached hydrogen (secondary N) is 1. The number of carbonyl (C=O) groups excluding carboxylic acids is 2. The number of ether oxygens (including phenoxy) is 1. The van der Waals surface area contributed by atoms with Gasteiger partial charge in [-0.2, -0.15) is 0 Å². The summed E-state index contributed by atoms with van der Waals surface area (Å²) in [5.74, 6) is -0.621. The van der Waals surface area contributed by atoms with Crippen molar-refractivity contribution in [2.75, 3.05) is 32.8 Å². The maximum atomic E-state index is 12.3. The molecule has 2 saturated heterocycles. The first-order valence-corrected chi connectivity index (χ1v) is 6.68. The molecule has 2 aliphatic heterocycles. The molecule has 112 valence electrons. The molecule has 0 bridgehead atoms. The summed E-state index contributed by atoms with van der Waals surface area (Å²) in [6, 6.07) is -1.66. The van der Waals surface area contributed by atoms with Crippen LogP contribution in [0.15, 0.2) is 0 Å².